The molecule has 0 spiro atoms. The molecule has 0 N–H and O–H groups in total. The van der Waals surface area contributed by atoms with Crippen LogP contribution < -0.4 is 4.90 Å². The van der Waals surface area contributed by atoms with Gasteiger partial charge in [-0.1, -0.05) is 31.2 Å². The number of piperazine rings is 1. The standard InChI is InChI=1S/C18H25N3O2S/c1-4-20-11-13-21(14-12-20)24(22,23)18-10-6-7-15-16(18)8-5-9-17(15)19(2)3/h5-10H,4,11-14H2,1-3H3. The third kappa shape index (κ3) is 3.01. The van der Waals surface area contributed by atoms with Gasteiger partial charge in [-0.2, -0.15) is 4.31 Å². The number of anilines is 1. The lowest BCUT2D eigenvalue weighted by Crippen LogP contribution is -2.48. The zero-order valence-electron chi connectivity index (χ0n) is 14.6. The van der Waals surface area contributed by atoms with E-state index in [0.29, 0.717) is 18.0 Å². The third-order valence-electron chi connectivity index (χ3n) is 4.74. The second-order valence-electron chi connectivity index (χ2n) is 6.36. The Kier molecular flexibility index (Phi) is 4.80. The Bertz CT molecular complexity index is 825. The van der Waals surface area contributed by atoms with Gasteiger partial charge in [0.05, 0.1) is 4.90 Å². The summed E-state index contributed by atoms with van der Waals surface area (Å²) in [7, 11) is 0.470. The Morgan fingerprint density at radius 1 is 0.958 bits per heavy atom. The molecular weight excluding hydrogens is 322 g/mol. The minimum absolute atomic E-state index is 0.411. The molecule has 1 aliphatic rings. The number of hydrogen-bond donors (Lipinski definition) is 0. The van der Waals surface area contributed by atoms with Gasteiger partial charge in [0.2, 0.25) is 10.0 Å². The summed E-state index contributed by atoms with van der Waals surface area (Å²) >= 11 is 0. The number of rotatable bonds is 4. The molecule has 1 saturated heterocycles. The van der Waals surface area contributed by atoms with Gasteiger partial charge in [0, 0.05) is 56.7 Å². The average Bonchev–Trinajstić information content (AvgIpc) is 2.60. The minimum atomic E-state index is -3.47. The highest BCUT2D eigenvalue weighted by atomic mass is 32.2. The first kappa shape index (κ1) is 17.2. The first-order chi connectivity index (χ1) is 11.4. The number of likely N-dealkylation sites (N-methyl/N-ethyl adjacent to an activating group) is 1. The summed E-state index contributed by atoms with van der Waals surface area (Å²) in [6.07, 6.45) is 0. The van der Waals surface area contributed by atoms with Gasteiger partial charge in [0.1, 0.15) is 0 Å². The summed E-state index contributed by atoms with van der Waals surface area (Å²) in [5.41, 5.74) is 1.03. The highest BCUT2D eigenvalue weighted by molar-refractivity contribution is 7.89. The van der Waals surface area contributed by atoms with Crippen molar-refractivity contribution in [1.29, 1.82) is 0 Å². The monoisotopic (exact) mass is 347 g/mol. The fourth-order valence-electron chi connectivity index (χ4n) is 3.30. The summed E-state index contributed by atoms with van der Waals surface area (Å²) in [6, 6.07) is 11.4. The van der Waals surface area contributed by atoms with E-state index in [1.54, 1.807) is 10.4 Å². The zero-order chi connectivity index (χ0) is 17.3. The van der Waals surface area contributed by atoms with Crippen LogP contribution in [0, 0.1) is 0 Å². The van der Waals surface area contributed by atoms with Gasteiger partial charge in [-0.05, 0) is 18.7 Å². The quantitative estimate of drug-likeness (QED) is 0.851. The van der Waals surface area contributed by atoms with Crippen LogP contribution in [0.4, 0.5) is 5.69 Å². The largest absolute Gasteiger partial charge is 0.377 e. The summed E-state index contributed by atoms with van der Waals surface area (Å²) in [4.78, 5) is 4.70. The molecule has 0 unspecified atom stereocenters. The number of benzene rings is 2. The maximum atomic E-state index is 13.2. The van der Waals surface area contributed by atoms with Crippen molar-refractivity contribution in [3.05, 3.63) is 36.4 Å². The Labute approximate surface area is 144 Å². The summed E-state index contributed by atoms with van der Waals surface area (Å²) in [5.74, 6) is 0. The molecule has 1 fully saturated rings. The first-order valence-corrected chi connectivity index (χ1v) is 9.80. The van der Waals surface area contributed by atoms with Gasteiger partial charge in [-0.25, -0.2) is 8.42 Å². The van der Waals surface area contributed by atoms with Crippen LogP contribution in [-0.4, -0.2) is 64.4 Å². The second kappa shape index (κ2) is 6.70. The molecule has 2 aromatic rings. The fourth-order valence-corrected chi connectivity index (χ4v) is 4.93. The molecule has 0 amide bonds. The van der Waals surface area contributed by atoms with E-state index in [4.69, 9.17) is 0 Å². The van der Waals surface area contributed by atoms with Crippen molar-refractivity contribution in [3.63, 3.8) is 0 Å². The lowest BCUT2D eigenvalue weighted by molar-refractivity contribution is 0.196. The van der Waals surface area contributed by atoms with Gasteiger partial charge in [0.25, 0.3) is 0 Å². The lowest BCUT2D eigenvalue weighted by atomic mass is 10.1. The Balaban J connectivity index is 2.04. The van der Waals surface area contributed by atoms with Gasteiger partial charge >= 0.3 is 0 Å². The van der Waals surface area contributed by atoms with Gasteiger partial charge in [-0.3, -0.25) is 0 Å². The average molecular weight is 347 g/mol. The molecule has 1 aliphatic heterocycles. The van der Waals surface area contributed by atoms with Gasteiger partial charge in [0.15, 0.2) is 0 Å². The third-order valence-corrected chi connectivity index (χ3v) is 6.69. The first-order valence-electron chi connectivity index (χ1n) is 8.36. The maximum Gasteiger partial charge on any atom is 0.243 e. The van der Waals surface area contributed by atoms with Crippen molar-refractivity contribution in [3.8, 4) is 0 Å². The predicted molar refractivity (Wildman–Crippen MR) is 99.1 cm³/mol. The normalized spacial score (nSPS) is 17.3. The number of sulfonamides is 1. The van der Waals surface area contributed by atoms with E-state index in [0.717, 1.165) is 36.1 Å². The van der Waals surface area contributed by atoms with Crippen LogP contribution in [0.25, 0.3) is 10.8 Å². The number of fused-ring (bicyclic) bond motifs is 1. The van der Waals surface area contributed by atoms with Gasteiger partial charge < -0.3 is 9.80 Å². The Morgan fingerprint density at radius 2 is 1.58 bits per heavy atom. The van der Waals surface area contributed by atoms with Crippen LogP contribution in [0.2, 0.25) is 0 Å². The van der Waals surface area contributed by atoms with Crippen molar-refractivity contribution in [1.82, 2.24) is 9.21 Å². The SMILES string of the molecule is CCN1CCN(S(=O)(=O)c2cccc3c(N(C)C)cccc23)CC1. The molecule has 2 aromatic carbocycles. The molecule has 0 aromatic heterocycles. The van der Waals surface area contributed by atoms with Gasteiger partial charge in [-0.15, -0.1) is 0 Å². The smallest absolute Gasteiger partial charge is 0.243 e. The number of nitrogens with zero attached hydrogens (tertiary/aromatic N) is 3. The van der Waals surface area contributed by atoms with Crippen LogP contribution >= 0.6 is 0 Å². The minimum Gasteiger partial charge on any atom is -0.377 e. The fraction of sp³-hybridized carbons (Fsp3) is 0.444. The molecule has 130 valence electrons. The van der Waals surface area contributed by atoms with Crippen LogP contribution in [0.3, 0.4) is 0 Å². The Hall–Kier alpha value is -1.63. The second-order valence-corrected chi connectivity index (χ2v) is 8.27. The molecule has 5 nitrogen and oxygen atoms in total. The van der Waals surface area contributed by atoms with E-state index in [1.807, 2.05) is 49.3 Å². The van der Waals surface area contributed by atoms with Crippen molar-refractivity contribution in [2.75, 3.05) is 51.7 Å². The molecule has 0 aliphatic carbocycles. The van der Waals surface area contributed by atoms with E-state index in [-0.39, 0.29) is 0 Å². The van der Waals surface area contributed by atoms with E-state index in [9.17, 15) is 8.42 Å². The lowest BCUT2D eigenvalue weighted by Gasteiger charge is -2.33. The Morgan fingerprint density at radius 3 is 2.21 bits per heavy atom. The summed E-state index contributed by atoms with van der Waals surface area (Å²) < 4.78 is 28.0. The highest BCUT2D eigenvalue weighted by Gasteiger charge is 2.29. The van der Waals surface area contributed by atoms with Crippen molar-refractivity contribution in [2.24, 2.45) is 0 Å². The summed E-state index contributed by atoms with van der Waals surface area (Å²) in [5, 5.41) is 1.76. The molecule has 0 bridgehead atoms. The molecule has 0 radical (unpaired) electrons. The van der Waals surface area contributed by atoms with Crippen molar-refractivity contribution in [2.45, 2.75) is 11.8 Å². The van der Waals surface area contributed by atoms with Crippen LogP contribution in [-0.2, 0) is 10.0 Å². The molecular formula is C18H25N3O2S. The van der Waals surface area contributed by atoms with E-state index < -0.39 is 10.0 Å². The summed E-state index contributed by atoms with van der Waals surface area (Å²) in [6.45, 7) is 5.78. The van der Waals surface area contributed by atoms with E-state index >= 15 is 0 Å². The molecule has 6 heteroatoms. The molecule has 0 atom stereocenters. The van der Waals surface area contributed by atoms with Crippen molar-refractivity contribution < 1.29 is 8.42 Å². The highest BCUT2D eigenvalue weighted by Crippen LogP contribution is 2.31. The number of hydrogen-bond acceptors (Lipinski definition) is 4. The van der Waals surface area contributed by atoms with E-state index in [1.165, 1.54) is 0 Å². The molecule has 3 rings (SSSR count). The predicted octanol–water partition coefficient (Wildman–Crippen LogP) is 2.23. The van der Waals surface area contributed by atoms with E-state index in [2.05, 4.69) is 11.8 Å². The maximum absolute atomic E-state index is 13.2. The van der Waals surface area contributed by atoms with Crippen LogP contribution in [0.15, 0.2) is 41.3 Å². The molecule has 24 heavy (non-hydrogen) atoms. The van der Waals surface area contributed by atoms with Crippen LogP contribution in [0.5, 0.6) is 0 Å². The zero-order valence-corrected chi connectivity index (χ0v) is 15.4. The molecule has 1 heterocycles. The molecule has 0 saturated carbocycles. The topological polar surface area (TPSA) is 43.9 Å². The van der Waals surface area contributed by atoms with Crippen LogP contribution in [0.1, 0.15) is 6.92 Å². The van der Waals surface area contributed by atoms with Crippen molar-refractivity contribution >= 4 is 26.5 Å².